The van der Waals surface area contributed by atoms with Gasteiger partial charge in [0, 0.05) is 18.1 Å². The molecule has 1 heterocycles. The molecule has 0 fully saturated rings. The zero-order valence-electron chi connectivity index (χ0n) is 9.21. The van der Waals surface area contributed by atoms with E-state index in [2.05, 4.69) is 52.8 Å². The number of pyridine rings is 1. The van der Waals surface area contributed by atoms with E-state index in [4.69, 9.17) is 0 Å². The van der Waals surface area contributed by atoms with Gasteiger partial charge in [-0.25, -0.2) is 4.98 Å². The van der Waals surface area contributed by atoms with Crippen molar-refractivity contribution >= 4 is 21.7 Å². The van der Waals surface area contributed by atoms with Crippen LogP contribution in [0.5, 0.6) is 0 Å². The Hall–Kier alpha value is -0.570. The van der Waals surface area contributed by atoms with Crippen molar-refractivity contribution in [2.24, 2.45) is 5.92 Å². The summed E-state index contributed by atoms with van der Waals surface area (Å²) in [6.07, 6.45) is 0. The van der Waals surface area contributed by atoms with Crippen LogP contribution in [-0.4, -0.2) is 18.6 Å². The van der Waals surface area contributed by atoms with Crippen LogP contribution in [0.1, 0.15) is 19.5 Å². The minimum Gasteiger partial charge on any atom is -0.359 e. The summed E-state index contributed by atoms with van der Waals surface area (Å²) in [6, 6.07) is 4.09. The molecule has 1 rings (SSSR count). The number of aromatic nitrogens is 1. The smallest absolute Gasteiger partial charge is 0.128 e. The van der Waals surface area contributed by atoms with Gasteiger partial charge in [-0.3, -0.25) is 0 Å². The van der Waals surface area contributed by atoms with Crippen LogP contribution < -0.4 is 4.90 Å². The van der Waals surface area contributed by atoms with Gasteiger partial charge >= 0.3 is 0 Å². The summed E-state index contributed by atoms with van der Waals surface area (Å²) >= 11 is 3.45. The summed E-state index contributed by atoms with van der Waals surface area (Å²) in [6.45, 7) is 7.47. The highest BCUT2D eigenvalue weighted by atomic mass is 79.9. The molecule has 2 nitrogen and oxygen atoms in total. The summed E-state index contributed by atoms with van der Waals surface area (Å²) in [5.74, 6) is 1.70. The Morgan fingerprint density at radius 1 is 1.43 bits per heavy atom. The van der Waals surface area contributed by atoms with Crippen molar-refractivity contribution in [3.8, 4) is 0 Å². The largest absolute Gasteiger partial charge is 0.359 e. The van der Waals surface area contributed by atoms with E-state index in [0.717, 1.165) is 22.5 Å². The highest BCUT2D eigenvalue weighted by Gasteiger charge is 2.05. The zero-order chi connectivity index (χ0) is 10.7. The van der Waals surface area contributed by atoms with Gasteiger partial charge in [0.05, 0.1) is 5.69 Å². The molecule has 0 aliphatic heterocycles. The maximum Gasteiger partial charge on any atom is 0.128 e. The number of aryl methyl sites for hydroxylation is 1. The van der Waals surface area contributed by atoms with Crippen molar-refractivity contribution < 1.29 is 0 Å². The fraction of sp³-hybridized carbons (Fsp3) is 0.545. The lowest BCUT2D eigenvalue weighted by molar-refractivity contribution is 0.634. The number of hydrogen-bond acceptors (Lipinski definition) is 2. The molecule has 0 unspecified atom stereocenters. The standard InChI is InChI=1S/C11H17BrN2/c1-8(2)7-14(4)11-6-5-10(12)9(3)13-11/h5-6,8H,7H2,1-4H3. The number of rotatable bonds is 3. The van der Waals surface area contributed by atoms with Gasteiger partial charge in [-0.05, 0) is 40.9 Å². The molecule has 1 aromatic heterocycles. The first-order chi connectivity index (χ1) is 6.50. The number of halogens is 1. The molecule has 0 aliphatic carbocycles. The molecule has 0 aromatic carbocycles. The normalized spacial score (nSPS) is 10.7. The third kappa shape index (κ3) is 2.98. The van der Waals surface area contributed by atoms with Crippen LogP contribution in [0.15, 0.2) is 16.6 Å². The molecular formula is C11H17BrN2. The Morgan fingerprint density at radius 2 is 2.07 bits per heavy atom. The minimum absolute atomic E-state index is 0.658. The van der Waals surface area contributed by atoms with Crippen LogP contribution in [0.4, 0.5) is 5.82 Å². The Morgan fingerprint density at radius 3 is 2.57 bits per heavy atom. The van der Waals surface area contributed by atoms with Gasteiger partial charge in [0.15, 0.2) is 0 Å². The molecular weight excluding hydrogens is 240 g/mol. The molecule has 0 aliphatic rings. The van der Waals surface area contributed by atoms with E-state index < -0.39 is 0 Å². The Bertz CT molecular complexity index is 310. The second-order valence-corrected chi connectivity index (χ2v) is 4.87. The molecule has 1 aromatic rings. The lowest BCUT2D eigenvalue weighted by atomic mass is 10.2. The summed E-state index contributed by atoms with van der Waals surface area (Å²) in [7, 11) is 2.08. The number of nitrogens with zero attached hydrogens (tertiary/aromatic N) is 2. The van der Waals surface area contributed by atoms with E-state index in [-0.39, 0.29) is 0 Å². The molecule has 0 atom stereocenters. The van der Waals surface area contributed by atoms with Gasteiger partial charge in [-0.2, -0.15) is 0 Å². The number of hydrogen-bond donors (Lipinski definition) is 0. The Kier molecular flexibility index (Phi) is 3.93. The van der Waals surface area contributed by atoms with Crippen LogP contribution in [0, 0.1) is 12.8 Å². The first-order valence-electron chi connectivity index (χ1n) is 4.85. The van der Waals surface area contributed by atoms with E-state index in [1.54, 1.807) is 0 Å². The van der Waals surface area contributed by atoms with Crippen LogP contribution in [-0.2, 0) is 0 Å². The van der Waals surface area contributed by atoms with Crippen LogP contribution in [0.25, 0.3) is 0 Å². The molecule has 0 radical (unpaired) electrons. The first kappa shape index (κ1) is 11.5. The van der Waals surface area contributed by atoms with Gasteiger partial charge in [0.2, 0.25) is 0 Å². The van der Waals surface area contributed by atoms with Crippen molar-refractivity contribution in [2.45, 2.75) is 20.8 Å². The monoisotopic (exact) mass is 256 g/mol. The van der Waals surface area contributed by atoms with Crippen molar-refractivity contribution in [2.75, 3.05) is 18.5 Å². The summed E-state index contributed by atoms with van der Waals surface area (Å²) in [5.41, 5.74) is 1.04. The summed E-state index contributed by atoms with van der Waals surface area (Å²) < 4.78 is 1.07. The van der Waals surface area contributed by atoms with Gasteiger partial charge in [0.25, 0.3) is 0 Å². The Balaban J connectivity index is 2.80. The maximum absolute atomic E-state index is 4.50. The molecule has 14 heavy (non-hydrogen) atoms. The maximum atomic E-state index is 4.50. The van der Waals surface area contributed by atoms with Gasteiger partial charge < -0.3 is 4.90 Å². The second kappa shape index (κ2) is 4.78. The summed E-state index contributed by atoms with van der Waals surface area (Å²) in [5, 5.41) is 0. The molecule has 0 spiro atoms. The fourth-order valence-corrected chi connectivity index (χ4v) is 1.61. The van der Waals surface area contributed by atoms with Crippen LogP contribution >= 0.6 is 15.9 Å². The van der Waals surface area contributed by atoms with Crippen molar-refractivity contribution in [3.63, 3.8) is 0 Å². The SMILES string of the molecule is Cc1nc(N(C)CC(C)C)ccc1Br. The lowest BCUT2D eigenvalue weighted by Gasteiger charge is -2.20. The lowest BCUT2D eigenvalue weighted by Crippen LogP contribution is -2.23. The highest BCUT2D eigenvalue weighted by molar-refractivity contribution is 9.10. The van der Waals surface area contributed by atoms with Crippen molar-refractivity contribution in [1.29, 1.82) is 0 Å². The third-order valence-corrected chi connectivity index (χ3v) is 2.87. The average Bonchev–Trinajstić information content (AvgIpc) is 2.08. The van der Waals surface area contributed by atoms with Crippen LogP contribution in [0.3, 0.4) is 0 Å². The quantitative estimate of drug-likeness (QED) is 0.826. The van der Waals surface area contributed by atoms with E-state index in [1.165, 1.54) is 0 Å². The van der Waals surface area contributed by atoms with Crippen LogP contribution in [0.2, 0.25) is 0 Å². The van der Waals surface area contributed by atoms with Crippen molar-refractivity contribution in [1.82, 2.24) is 4.98 Å². The third-order valence-electron chi connectivity index (χ3n) is 2.04. The first-order valence-corrected chi connectivity index (χ1v) is 5.64. The Labute approximate surface area is 94.5 Å². The molecule has 0 bridgehead atoms. The number of anilines is 1. The second-order valence-electron chi connectivity index (χ2n) is 4.01. The van der Waals surface area contributed by atoms with E-state index in [9.17, 15) is 0 Å². The van der Waals surface area contributed by atoms with E-state index in [1.807, 2.05) is 13.0 Å². The van der Waals surface area contributed by atoms with Gasteiger partial charge in [-0.1, -0.05) is 13.8 Å². The highest BCUT2D eigenvalue weighted by Crippen LogP contribution is 2.18. The van der Waals surface area contributed by atoms with Gasteiger partial charge in [-0.15, -0.1) is 0 Å². The molecule has 0 N–H and O–H groups in total. The molecule has 3 heteroatoms. The average molecular weight is 257 g/mol. The zero-order valence-corrected chi connectivity index (χ0v) is 10.8. The fourth-order valence-electron chi connectivity index (χ4n) is 1.38. The molecule has 0 amide bonds. The molecule has 0 saturated carbocycles. The molecule has 78 valence electrons. The predicted molar refractivity (Wildman–Crippen MR) is 64.8 cm³/mol. The summed E-state index contributed by atoms with van der Waals surface area (Å²) in [4.78, 5) is 6.69. The molecule has 0 saturated heterocycles. The predicted octanol–water partition coefficient (Wildman–Crippen LogP) is 3.24. The van der Waals surface area contributed by atoms with Crippen molar-refractivity contribution in [3.05, 3.63) is 22.3 Å². The van der Waals surface area contributed by atoms with E-state index >= 15 is 0 Å². The van der Waals surface area contributed by atoms with Gasteiger partial charge in [0.1, 0.15) is 5.82 Å². The minimum atomic E-state index is 0.658. The topological polar surface area (TPSA) is 16.1 Å². The van der Waals surface area contributed by atoms with E-state index in [0.29, 0.717) is 5.92 Å².